The van der Waals surface area contributed by atoms with Gasteiger partial charge in [0.1, 0.15) is 12.0 Å². The van der Waals surface area contributed by atoms with Crippen molar-refractivity contribution < 1.29 is 4.74 Å². The van der Waals surface area contributed by atoms with Gasteiger partial charge in [-0.05, 0) is 25.0 Å². The van der Waals surface area contributed by atoms with Gasteiger partial charge in [-0.25, -0.2) is 14.5 Å². The molecule has 1 saturated carbocycles. The van der Waals surface area contributed by atoms with Crippen molar-refractivity contribution in [3.63, 3.8) is 0 Å². The van der Waals surface area contributed by atoms with E-state index in [0.29, 0.717) is 18.1 Å². The highest BCUT2D eigenvalue weighted by atomic mass is 16.5. The van der Waals surface area contributed by atoms with E-state index in [9.17, 15) is 0 Å². The number of nitrogens with zero attached hydrogens (tertiary/aromatic N) is 5. The van der Waals surface area contributed by atoms with Crippen LogP contribution in [0.15, 0.2) is 37.1 Å². The highest BCUT2D eigenvalue weighted by Gasteiger charge is 2.29. The third-order valence-corrected chi connectivity index (χ3v) is 4.78. The van der Waals surface area contributed by atoms with Crippen LogP contribution < -0.4 is 5.32 Å². The number of aromatic nitrogens is 6. The fourth-order valence-electron chi connectivity index (χ4n) is 3.25. The Kier molecular flexibility index (Phi) is 3.17. The van der Waals surface area contributed by atoms with E-state index in [0.717, 1.165) is 40.6 Å². The van der Waals surface area contributed by atoms with E-state index in [1.54, 1.807) is 18.0 Å². The SMILES string of the molecule is CO[C@H]1C[C@@H](Nc2ncc3c(-c4ccc5ncnn5c4)c[nH]c3n2)C1. The summed E-state index contributed by atoms with van der Waals surface area (Å²) in [6.45, 7) is 0. The second-order valence-corrected chi connectivity index (χ2v) is 6.31. The lowest BCUT2D eigenvalue weighted by Gasteiger charge is -2.34. The first-order valence-electron chi connectivity index (χ1n) is 8.23. The van der Waals surface area contributed by atoms with Crippen LogP contribution in [0.25, 0.3) is 27.8 Å². The van der Waals surface area contributed by atoms with Crippen molar-refractivity contribution >= 4 is 22.6 Å². The number of pyridine rings is 1. The van der Waals surface area contributed by atoms with Crippen LogP contribution in [-0.2, 0) is 4.74 Å². The van der Waals surface area contributed by atoms with E-state index >= 15 is 0 Å². The molecular weight excluding hydrogens is 318 g/mol. The summed E-state index contributed by atoms with van der Waals surface area (Å²) in [5.74, 6) is 0.646. The molecule has 4 heterocycles. The van der Waals surface area contributed by atoms with Crippen LogP contribution in [0.4, 0.5) is 5.95 Å². The van der Waals surface area contributed by atoms with Gasteiger partial charge in [0.05, 0.1) is 6.10 Å². The van der Waals surface area contributed by atoms with Gasteiger partial charge in [0.2, 0.25) is 5.95 Å². The van der Waals surface area contributed by atoms with Crippen LogP contribution in [0.1, 0.15) is 12.8 Å². The Morgan fingerprint density at radius 1 is 1.28 bits per heavy atom. The molecular formula is C17H17N7O. The molecule has 8 heteroatoms. The van der Waals surface area contributed by atoms with Crippen molar-refractivity contribution in [2.24, 2.45) is 0 Å². The minimum Gasteiger partial charge on any atom is -0.381 e. The summed E-state index contributed by atoms with van der Waals surface area (Å²) in [6, 6.07) is 4.35. The Morgan fingerprint density at radius 2 is 2.20 bits per heavy atom. The number of H-pyrrole nitrogens is 1. The molecule has 0 aromatic carbocycles. The van der Waals surface area contributed by atoms with Crippen molar-refractivity contribution in [3.8, 4) is 11.1 Å². The number of fused-ring (bicyclic) bond motifs is 2. The van der Waals surface area contributed by atoms with Crippen molar-refractivity contribution in [2.45, 2.75) is 25.0 Å². The Balaban J connectivity index is 1.45. The third kappa shape index (κ3) is 2.42. The number of ether oxygens (including phenoxy) is 1. The summed E-state index contributed by atoms with van der Waals surface area (Å²) in [6.07, 6.45) is 9.64. The van der Waals surface area contributed by atoms with Crippen molar-refractivity contribution in [2.75, 3.05) is 12.4 Å². The molecule has 5 rings (SSSR count). The van der Waals surface area contributed by atoms with Crippen LogP contribution >= 0.6 is 0 Å². The summed E-state index contributed by atoms with van der Waals surface area (Å²) < 4.78 is 7.06. The summed E-state index contributed by atoms with van der Waals surface area (Å²) in [7, 11) is 1.75. The van der Waals surface area contributed by atoms with Gasteiger partial charge in [-0.15, -0.1) is 0 Å². The second-order valence-electron chi connectivity index (χ2n) is 6.31. The monoisotopic (exact) mass is 335 g/mol. The molecule has 0 bridgehead atoms. The third-order valence-electron chi connectivity index (χ3n) is 4.78. The Morgan fingerprint density at radius 3 is 3.08 bits per heavy atom. The van der Waals surface area contributed by atoms with Gasteiger partial charge >= 0.3 is 0 Å². The van der Waals surface area contributed by atoms with Gasteiger partial charge in [0.15, 0.2) is 5.65 Å². The zero-order chi connectivity index (χ0) is 16.8. The number of hydrogen-bond acceptors (Lipinski definition) is 6. The maximum Gasteiger partial charge on any atom is 0.224 e. The minimum atomic E-state index is 0.352. The van der Waals surface area contributed by atoms with Gasteiger partial charge in [0.25, 0.3) is 0 Å². The van der Waals surface area contributed by atoms with Crippen LogP contribution in [-0.4, -0.2) is 48.8 Å². The molecule has 4 aromatic heterocycles. The van der Waals surface area contributed by atoms with Crippen molar-refractivity contribution in [1.82, 2.24) is 29.5 Å². The molecule has 1 fully saturated rings. The fraction of sp³-hybridized carbons (Fsp3) is 0.294. The van der Waals surface area contributed by atoms with Gasteiger partial charge < -0.3 is 15.0 Å². The molecule has 2 N–H and O–H groups in total. The first-order chi connectivity index (χ1) is 12.3. The molecule has 0 spiro atoms. The van der Waals surface area contributed by atoms with E-state index in [1.807, 2.05) is 30.7 Å². The predicted molar refractivity (Wildman–Crippen MR) is 93.3 cm³/mol. The zero-order valence-corrected chi connectivity index (χ0v) is 13.7. The summed E-state index contributed by atoms with van der Waals surface area (Å²) in [4.78, 5) is 16.5. The van der Waals surface area contributed by atoms with Gasteiger partial charge in [-0.1, -0.05) is 0 Å². The molecule has 0 aliphatic heterocycles. The molecule has 1 aliphatic carbocycles. The molecule has 25 heavy (non-hydrogen) atoms. The van der Waals surface area contributed by atoms with Crippen LogP contribution in [0.3, 0.4) is 0 Å². The zero-order valence-electron chi connectivity index (χ0n) is 13.7. The highest BCUT2D eigenvalue weighted by molar-refractivity contribution is 5.93. The molecule has 0 unspecified atom stereocenters. The molecule has 0 atom stereocenters. The minimum absolute atomic E-state index is 0.352. The van der Waals surface area contributed by atoms with Crippen LogP contribution in [0.2, 0.25) is 0 Å². The molecule has 4 aromatic rings. The van der Waals surface area contributed by atoms with Crippen molar-refractivity contribution in [3.05, 3.63) is 37.1 Å². The summed E-state index contributed by atoms with van der Waals surface area (Å²) >= 11 is 0. The predicted octanol–water partition coefficient (Wildman–Crippen LogP) is 2.26. The molecule has 126 valence electrons. The lowest BCUT2D eigenvalue weighted by molar-refractivity contribution is 0.0327. The maximum absolute atomic E-state index is 5.30. The quantitative estimate of drug-likeness (QED) is 0.594. The number of hydrogen-bond donors (Lipinski definition) is 2. The number of nitrogens with one attached hydrogen (secondary N) is 2. The van der Waals surface area contributed by atoms with E-state index in [1.165, 1.54) is 0 Å². The molecule has 0 amide bonds. The van der Waals surface area contributed by atoms with E-state index in [2.05, 4.69) is 30.4 Å². The summed E-state index contributed by atoms with van der Waals surface area (Å²) in [5.41, 5.74) is 3.72. The maximum atomic E-state index is 5.30. The topological polar surface area (TPSA) is 93.0 Å². The van der Waals surface area contributed by atoms with E-state index in [-0.39, 0.29) is 0 Å². The van der Waals surface area contributed by atoms with Gasteiger partial charge in [-0.3, -0.25) is 0 Å². The van der Waals surface area contributed by atoms with Gasteiger partial charge in [-0.2, -0.15) is 10.1 Å². The largest absolute Gasteiger partial charge is 0.381 e. The fourth-order valence-corrected chi connectivity index (χ4v) is 3.25. The van der Waals surface area contributed by atoms with Crippen LogP contribution in [0.5, 0.6) is 0 Å². The molecule has 8 nitrogen and oxygen atoms in total. The van der Waals surface area contributed by atoms with E-state index in [4.69, 9.17) is 4.74 Å². The average Bonchev–Trinajstić information content (AvgIpc) is 3.23. The average molecular weight is 335 g/mol. The first kappa shape index (κ1) is 14.4. The molecule has 0 radical (unpaired) electrons. The Bertz CT molecular complexity index is 1050. The molecule has 1 aliphatic rings. The van der Waals surface area contributed by atoms with Crippen LogP contribution in [0, 0.1) is 0 Å². The standard InChI is InChI=1S/C17H17N7O/c1-25-12-4-11(5-12)22-17-19-7-14-13(6-18-16(14)23-17)10-2-3-15-20-9-21-24(15)8-10/h2-3,6-9,11-12H,4-5H2,1H3,(H2,18,19,22,23)/t11-,12+. The Labute approximate surface area is 143 Å². The molecule has 0 saturated heterocycles. The van der Waals surface area contributed by atoms with Crippen molar-refractivity contribution in [1.29, 1.82) is 0 Å². The lowest BCUT2D eigenvalue weighted by Crippen LogP contribution is -2.40. The normalized spacial score (nSPS) is 20.0. The van der Waals surface area contributed by atoms with Gasteiger partial charge in [0, 0.05) is 48.3 Å². The number of anilines is 1. The number of aromatic amines is 1. The van der Waals surface area contributed by atoms with E-state index < -0.39 is 0 Å². The highest BCUT2D eigenvalue weighted by Crippen LogP contribution is 2.29. The second kappa shape index (κ2) is 5.52. The summed E-state index contributed by atoms with van der Waals surface area (Å²) in [5, 5.41) is 8.53. The lowest BCUT2D eigenvalue weighted by atomic mass is 9.89. The number of rotatable bonds is 4. The smallest absolute Gasteiger partial charge is 0.224 e. The first-order valence-corrected chi connectivity index (χ1v) is 8.23. The Hall–Kier alpha value is -3.00. The number of methoxy groups -OCH3 is 1.